The molecule has 1 N–H and O–H groups in total. The molecule has 0 spiro atoms. The standard InChI is InChI=1S/C12H21N3O4S/c1-4-10(5-2)7-15(8-12(16)19-3)20(17,18)11-6-13-9-14-11/h6,9-10H,4-5,7-8H2,1-3H3,(H,13,14). The van der Waals surface area contributed by atoms with E-state index in [1.807, 2.05) is 13.8 Å². The molecule has 0 saturated heterocycles. The Morgan fingerprint density at radius 1 is 1.45 bits per heavy atom. The van der Waals surface area contributed by atoms with Crippen LogP contribution in [0, 0.1) is 5.92 Å². The van der Waals surface area contributed by atoms with Gasteiger partial charge >= 0.3 is 5.97 Å². The summed E-state index contributed by atoms with van der Waals surface area (Å²) in [7, 11) is -2.53. The minimum Gasteiger partial charge on any atom is -0.468 e. The van der Waals surface area contributed by atoms with E-state index in [4.69, 9.17) is 0 Å². The van der Waals surface area contributed by atoms with Crippen molar-refractivity contribution < 1.29 is 17.9 Å². The lowest BCUT2D eigenvalue weighted by atomic mass is 10.0. The van der Waals surface area contributed by atoms with Crippen molar-refractivity contribution in [2.24, 2.45) is 5.92 Å². The van der Waals surface area contributed by atoms with Gasteiger partial charge in [-0.15, -0.1) is 0 Å². The average molecular weight is 303 g/mol. The minimum atomic E-state index is -3.76. The molecule has 0 radical (unpaired) electrons. The van der Waals surface area contributed by atoms with Gasteiger partial charge in [-0.2, -0.15) is 4.31 Å². The van der Waals surface area contributed by atoms with Crippen LogP contribution in [-0.2, 0) is 19.6 Å². The third-order valence-corrected chi connectivity index (χ3v) is 4.98. The van der Waals surface area contributed by atoms with E-state index in [1.165, 1.54) is 19.6 Å². The van der Waals surface area contributed by atoms with Crippen LogP contribution in [0.5, 0.6) is 0 Å². The molecule has 1 aromatic heterocycles. The first-order chi connectivity index (χ1) is 9.45. The van der Waals surface area contributed by atoms with Gasteiger partial charge in [-0.05, 0) is 5.92 Å². The third kappa shape index (κ3) is 4.04. The van der Waals surface area contributed by atoms with Gasteiger partial charge in [-0.3, -0.25) is 4.79 Å². The Hall–Kier alpha value is -1.41. The molecular formula is C12H21N3O4S. The Labute approximate surface area is 119 Å². The summed E-state index contributed by atoms with van der Waals surface area (Å²) in [6, 6.07) is 0. The minimum absolute atomic E-state index is 0.0210. The van der Waals surface area contributed by atoms with Crippen molar-refractivity contribution in [2.45, 2.75) is 31.7 Å². The van der Waals surface area contributed by atoms with Gasteiger partial charge in [0.2, 0.25) is 0 Å². The molecule has 114 valence electrons. The van der Waals surface area contributed by atoms with Gasteiger partial charge in [-0.1, -0.05) is 26.7 Å². The smallest absolute Gasteiger partial charge is 0.321 e. The molecule has 0 saturated carbocycles. The number of aromatic amines is 1. The highest BCUT2D eigenvalue weighted by Crippen LogP contribution is 2.17. The third-order valence-electron chi connectivity index (χ3n) is 3.24. The molecule has 1 rings (SSSR count). The zero-order valence-electron chi connectivity index (χ0n) is 12.0. The second-order valence-electron chi connectivity index (χ2n) is 4.47. The molecule has 0 aromatic carbocycles. The molecule has 0 aliphatic heterocycles. The van der Waals surface area contributed by atoms with Gasteiger partial charge in [-0.25, -0.2) is 13.4 Å². The highest BCUT2D eigenvalue weighted by molar-refractivity contribution is 7.89. The number of sulfonamides is 1. The molecule has 7 nitrogen and oxygen atoms in total. The van der Waals surface area contributed by atoms with Gasteiger partial charge in [0.15, 0.2) is 5.03 Å². The lowest BCUT2D eigenvalue weighted by Gasteiger charge is -2.24. The summed E-state index contributed by atoms with van der Waals surface area (Å²) in [5.41, 5.74) is 0. The van der Waals surface area contributed by atoms with Gasteiger partial charge in [0.05, 0.1) is 19.6 Å². The quantitative estimate of drug-likeness (QED) is 0.724. The number of H-pyrrole nitrogens is 1. The van der Waals surface area contributed by atoms with Crippen LogP contribution in [0.2, 0.25) is 0 Å². The van der Waals surface area contributed by atoms with E-state index in [9.17, 15) is 13.2 Å². The second-order valence-corrected chi connectivity index (χ2v) is 6.38. The van der Waals surface area contributed by atoms with E-state index in [2.05, 4.69) is 14.7 Å². The number of rotatable bonds is 8. The van der Waals surface area contributed by atoms with E-state index >= 15 is 0 Å². The van der Waals surface area contributed by atoms with E-state index < -0.39 is 16.0 Å². The molecular weight excluding hydrogens is 282 g/mol. The lowest BCUT2D eigenvalue weighted by Crippen LogP contribution is -2.39. The van der Waals surface area contributed by atoms with Crippen LogP contribution in [0.4, 0.5) is 0 Å². The Kier molecular flexibility index (Phi) is 6.15. The maximum absolute atomic E-state index is 12.5. The Bertz CT molecular complexity index is 509. The number of carbonyl (C=O) groups is 1. The Morgan fingerprint density at radius 3 is 2.55 bits per heavy atom. The number of esters is 1. The maximum atomic E-state index is 12.5. The summed E-state index contributed by atoms with van der Waals surface area (Å²) in [5.74, 6) is -0.392. The van der Waals surface area contributed by atoms with Crippen LogP contribution >= 0.6 is 0 Å². The fourth-order valence-electron chi connectivity index (χ4n) is 1.81. The average Bonchev–Trinajstić information content (AvgIpc) is 2.97. The summed E-state index contributed by atoms with van der Waals surface area (Å²) < 4.78 is 30.6. The summed E-state index contributed by atoms with van der Waals surface area (Å²) in [6.45, 7) is 3.97. The van der Waals surface area contributed by atoms with Crippen LogP contribution in [0.1, 0.15) is 26.7 Å². The number of nitrogens with one attached hydrogen (secondary N) is 1. The van der Waals surface area contributed by atoms with Crippen molar-refractivity contribution in [1.82, 2.24) is 14.3 Å². The van der Waals surface area contributed by atoms with Crippen LogP contribution in [0.25, 0.3) is 0 Å². The second kappa shape index (κ2) is 7.39. The summed E-state index contributed by atoms with van der Waals surface area (Å²) in [6.07, 6.45) is 4.20. The summed E-state index contributed by atoms with van der Waals surface area (Å²) in [4.78, 5) is 17.7. The summed E-state index contributed by atoms with van der Waals surface area (Å²) >= 11 is 0. The lowest BCUT2D eigenvalue weighted by molar-refractivity contribution is -0.140. The summed E-state index contributed by atoms with van der Waals surface area (Å²) in [5, 5.41) is -0.0210. The molecule has 0 amide bonds. The van der Waals surface area contributed by atoms with E-state index in [-0.39, 0.29) is 24.0 Å². The fraction of sp³-hybridized carbons (Fsp3) is 0.667. The van der Waals surface area contributed by atoms with Crippen LogP contribution in [-0.4, -0.2) is 48.9 Å². The predicted molar refractivity (Wildman–Crippen MR) is 73.4 cm³/mol. The van der Waals surface area contributed by atoms with Gasteiger partial charge in [0.25, 0.3) is 10.0 Å². The first-order valence-electron chi connectivity index (χ1n) is 6.51. The fourth-order valence-corrected chi connectivity index (χ4v) is 3.17. The van der Waals surface area contributed by atoms with Crippen LogP contribution in [0.15, 0.2) is 17.6 Å². The van der Waals surface area contributed by atoms with Crippen molar-refractivity contribution in [1.29, 1.82) is 0 Å². The number of aromatic nitrogens is 2. The molecule has 0 unspecified atom stereocenters. The molecule has 0 fully saturated rings. The topological polar surface area (TPSA) is 92.4 Å². The van der Waals surface area contributed by atoms with E-state index in [0.717, 1.165) is 17.1 Å². The van der Waals surface area contributed by atoms with Gasteiger partial charge in [0, 0.05) is 6.54 Å². The zero-order chi connectivity index (χ0) is 15.2. The number of hydrogen-bond donors (Lipinski definition) is 1. The first kappa shape index (κ1) is 16.6. The number of ether oxygens (including phenoxy) is 1. The largest absolute Gasteiger partial charge is 0.468 e. The monoisotopic (exact) mass is 303 g/mol. The van der Waals surface area contributed by atoms with Crippen LogP contribution < -0.4 is 0 Å². The zero-order valence-corrected chi connectivity index (χ0v) is 12.8. The van der Waals surface area contributed by atoms with E-state index in [0.29, 0.717) is 0 Å². The number of hydrogen-bond acceptors (Lipinski definition) is 5. The molecule has 20 heavy (non-hydrogen) atoms. The molecule has 0 bridgehead atoms. The molecule has 1 aromatic rings. The predicted octanol–water partition coefficient (Wildman–Crippen LogP) is 1.01. The highest BCUT2D eigenvalue weighted by atomic mass is 32.2. The van der Waals surface area contributed by atoms with Crippen LogP contribution in [0.3, 0.4) is 0 Å². The van der Waals surface area contributed by atoms with Gasteiger partial charge < -0.3 is 9.72 Å². The number of methoxy groups -OCH3 is 1. The Morgan fingerprint density at radius 2 is 2.10 bits per heavy atom. The number of nitrogens with zero attached hydrogens (tertiary/aromatic N) is 2. The SMILES string of the molecule is CCC(CC)CN(CC(=O)OC)S(=O)(=O)c1cnc[nH]1. The number of imidazole rings is 1. The van der Waals surface area contributed by atoms with Gasteiger partial charge in [0.1, 0.15) is 6.54 Å². The van der Waals surface area contributed by atoms with E-state index in [1.54, 1.807) is 0 Å². The Balaban J connectivity index is 3.00. The molecule has 1 heterocycles. The molecule has 0 aliphatic rings. The van der Waals surface area contributed by atoms with Crippen molar-refractivity contribution in [3.63, 3.8) is 0 Å². The van der Waals surface area contributed by atoms with Crippen molar-refractivity contribution in [2.75, 3.05) is 20.2 Å². The molecule has 0 atom stereocenters. The van der Waals surface area contributed by atoms with Crippen molar-refractivity contribution in [3.8, 4) is 0 Å². The first-order valence-corrected chi connectivity index (χ1v) is 7.95. The molecule has 0 aliphatic carbocycles. The van der Waals surface area contributed by atoms with Crippen molar-refractivity contribution in [3.05, 3.63) is 12.5 Å². The number of carbonyl (C=O) groups excluding carboxylic acids is 1. The highest BCUT2D eigenvalue weighted by Gasteiger charge is 2.29. The molecule has 8 heteroatoms. The normalized spacial score (nSPS) is 12.1. The maximum Gasteiger partial charge on any atom is 0.321 e. The van der Waals surface area contributed by atoms with Crippen molar-refractivity contribution >= 4 is 16.0 Å².